The molecule has 1 amide bonds. The molecule has 2 heterocycles. The number of carbonyl (C=O) groups excluding carboxylic acids is 1. The Morgan fingerprint density at radius 2 is 1.92 bits per heavy atom. The van der Waals surface area contributed by atoms with Crippen LogP contribution >= 0.6 is 0 Å². The number of aromatic nitrogens is 2. The van der Waals surface area contributed by atoms with Gasteiger partial charge in [0.25, 0.3) is 0 Å². The molecule has 0 aromatic carbocycles. The molecule has 6 nitrogen and oxygen atoms in total. The second kappa shape index (κ2) is 9.67. The van der Waals surface area contributed by atoms with Gasteiger partial charge in [-0.25, -0.2) is 9.78 Å². The maximum absolute atomic E-state index is 12.0. The Balaban J connectivity index is 0.00000139. The van der Waals surface area contributed by atoms with Crippen molar-refractivity contribution in [1.29, 1.82) is 0 Å². The first-order chi connectivity index (χ1) is 11.3. The lowest BCUT2D eigenvalue weighted by atomic mass is 10.1. The van der Waals surface area contributed by atoms with Crippen LogP contribution in [0.1, 0.15) is 53.2 Å². The summed E-state index contributed by atoms with van der Waals surface area (Å²) in [6.45, 7) is 14.5. The number of amides is 1. The van der Waals surface area contributed by atoms with Crippen LogP contribution in [-0.2, 0) is 16.0 Å². The summed E-state index contributed by atoms with van der Waals surface area (Å²) in [5.74, 6) is 0. The molecule has 1 aliphatic rings. The monoisotopic (exact) mass is 339 g/mol. The molecule has 0 saturated carbocycles. The Morgan fingerprint density at radius 3 is 2.42 bits per heavy atom. The summed E-state index contributed by atoms with van der Waals surface area (Å²) < 4.78 is 13.3. The van der Waals surface area contributed by atoms with E-state index >= 15 is 0 Å². The average molecular weight is 339 g/mol. The fraction of sp³-hybridized carbons (Fsp3) is 0.778. The van der Waals surface area contributed by atoms with Crippen molar-refractivity contribution in [2.24, 2.45) is 0 Å². The number of hydrogen-bond acceptors (Lipinski definition) is 4. The number of hydrogen-bond donors (Lipinski definition) is 0. The minimum absolute atomic E-state index is 0.222. The third-order valence-electron chi connectivity index (χ3n) is 3.56. The standard InChI is InChI=1S/C16H27N3O3.C2H6/c1-13-11-18(12-17-13)9-10-21-14-5-7-19(8-6-14)15(20)22-16(2,3)4;1-2/h11-12,14H,5-10H2,1-4H3;1-2H3. The van der Waals surface area contributed by atoms with E-state index in [0.717, 1.165) is 25.1 Å². The van der Waals surface area contributed by atoms with E-state index < -0.39 is 5.60 Å². The number of rotatable bonds is 4. The molecule has 0 unspecified atom stereocenters. The molecule has 1 fully saturated rings. The molecule has 0 bridgehead atoms. The molecule has 24 heavy (non-hydrogen) atoms. The van der Waals surface area contributed by atoms with E-state index in [1.165, 1.54) is 0 Å². The summed E-state index contributed by atoms with van der Waals surface area (Å²) in [5, 5.41) is 0. The van der Waals surface area contributed by atoms with E-state index in [1.807, 2.05) is 58.6 Å². The zero-order valence-electron chi connectivity index (χ0n) is 16.0. The molecular weight excluding hydrogens is 306 g/mol. The van der Waals surface area contributed by atoms with Crippen molar-refractivity contribution in [2.75, 3.05) is 19.7 Å². The van der Waals surface area contributed by atoms with Gasteiger partial charge in [0, 0.05) is 25.8 Å². The van der Waals surface area contributed by atoms with Crippen LogP contribution in [0, 0.1) is 6.92 Å². The van der Waals surface area contributed by atoms with Crippen molar-refractivity contribution < 1.29 is 14.3 Å². The third-order valence-corrected chi connectivity index (χ3v) is 3.56. The van der Waals surface area contributed by atoms with Crippen LogP contribution in [-0.4, -0.2) is 51.9 Å². The SMILES string of the molecule is CC.Cc1cn(CCOC2CCN(C(=O)OC(C)(C)C)CC2)cn1. The summed E-state index contributed by atoms with van der Waals surface area (Å²) in [7, 11) is 0. The quantitative estimate of drug-likeness (QED) is 0.840. The van der Waals surface area contributed by atoms with Crippen LogP contribution in [0.2, 0.25) is 0 Å². The van der Waals surface area contributed by atoms with E-state index in [2.05, 4.69) is 4.98 Å². The molecule has 0 N–H and O–H groups in total. The molecule has 2 rings (SSSR count). The molecular formula is C18H33N3O3. The lowest BCUT2D eigenvalue weighted by Gasteiger charge is -2.33. The second-order valence-corrected chi connectivity index (χ2v) is 6.79. The van der Waals surface area contributed by atoms with E-state index in [-0.39, 0.29) is 12.2 Å². The highest BCUT2D eigenvalue weighted by atomic mass is 16.6. The predicted octanol–water partition coefficient (Wildman–Crippen LogP) is 3.63. The first-order valence-electron chi connectivity index (χ1n) is 8.91. The summed E-state index contributed by atoms with van der Waals surface area (Å²) in [6, 6.07) is 0. The van der Waals surface area contributed by atoms with E-state index in [1.54, 1.807) is 4.90 Å². The minimum atomic E-state index is -0.437. The highest BCUT2D eigenvalue weighted by molar-refractivity contribution is 5.68. The van der Waals surface area contributed by atoms with E-state index in [9.17, 15) is 4.79 Å². The van der Waals surface area contributed by atoms with E-state index in [0.29, 0.717) is 19.7 Å². The summed E-state index contributed by atoms with van der Waals surface area (Å²) >= 11 is 0. The van der Waals surface area contributed by atoms with Gasteiger partial charge in [-0.3, -0.25) is 0 Å². The third kappa shape index (κ3) is 7.34. The van der Waals surface area contributed by atoms with Crippen LogP contribution in [0.3, 0.4) is 0 Å². The van der Waals surface area contributed by atoms with Crippen molar-refractivity contribution >= 4 is 6.09 Å². The Morgan fingerprint density at radius 1 is 1.29 bits per heavy atom. The second-order valence-electron chi connectivity index (χ2n) is 6.79. The lowest BCUT2D eigenvalue weighted by molar-refractivity contribution is -0.0130. The molecule has 6 heteroatoms. The minimum Gasteiger partial charge on any atom is -0.444 e. The molecule has 1 aromatic heterocycles. The smallest absolute Gasteiger partial charge is 0.410 e. The number of piperidine rings is 1. The number of carbonyl (C=O) groups is 1. The Labute approximate surface area is 146 Å². The summed E-state index contributed by atoms with van der Waals surface area (Å²) in [6.07, 6.45) is 5.56. The predicted molar refractivity (Wildman–Crippen MR) is 95.1 cm³/mol. The largest absolute Gasteiger partial charge is 0.444 e. The molecule has 0 spiro atoms. The van der Waals surface area contributed by atoms with Crippen LogP contribution in [0.15, 0.2) is 12.5 Å². The van der Waals surface area contributed by atoms with Gasteiger partial charge >= 0.3 is 6.09 Å². The van der Waals surface area contributed by atoms with Gasteiger partial charge in [0.1, 0.15) is 5.60 Å². The average Bonchev–Trinajstić information content (AvgIpc) is 2.94. The molecule has 1 aliphatic heterocycles. The zero-order chi connectivity index (χ0) is 18.2. The molecule has 1 aromatic rings. The first kappa shape index (κ1) is 20.5. The van der Waals surface area contributed by atoms with Gasteiger partial charge in [-0.05, 0) is 40.5 Å². The normalized spacial score (nSPS) is 15.7. The van der Waals surface area contributed by atoms with Crippen molar-refractivity contribution in [3.05, 3.63) is 18.2 Å². The van der Waals surface area contributed by atoms with Crippen molar-refractivity contribution in [3.63, 3.8) is 0 Å². The summed E-state index contributed by atoms with van der Waals surface area (Å²) in [4.78, 5) is 17.9. The van der Waals surface area contributed by atoms with Gasteiger partial charge in [-0.15, -0.1) is 0 Å². The molecule has 1 saturated heterocycles. The van der Waals surface area contributed by atoms with Gasteiger partial charge in [0.2, 0.25) is 0 Å². The number of nitrogens with zero attached hydrogens (tertiary/aromatic N) is 3. The van der Waals surface area contributed by atoms with Crippen LogP contribution < -0.4 is 0 Å². The van der Waals surface area contributed by atoms with Crippen LogP contribution in [0.25, 0.3) is 0 Å². The highest BCUT2D eigenvalue weighted by Crippen LogP contribution is 2.17. The number of imidazole rings is 1. The van der Waals surface area contributed by atoms with Crippen LogP contribution in [0.5, 0.6) is 0 Å². The lowest BCUT2D eigenvalue weighted by Crippen LogP contribution is -2.43. The number of ether oxygens (including phenoxy) is 2. The van der Waals surface area contributed by atoms with Crippen molar-refractivity contribution in [2.45, 2.75) is 72.6 Å². The highest BCUT2D eigenvalue weighted by Gasteiger charge is 2.26. The fourth-order valence-electron chi connectivity index (χ4n) is 2.45. The van der Waals surface area contributed by atoms with Crippen LogP contribution in [0.4, 0.5) is 4.79 Å². The first-order valence-corrected chi connectivity index (χ1v) is 8.91. The van der Waals surface area contributed by atoms with Crippen molar-refractivity contribution in [1.82, 2.24) is 14.5 Å². The van der Waals surface area contributed by atoms with Gasteiger partial charge in [0.05, 0.1) is 24.7 Å². The zero-order valence-corrected chi connectivity index (χ0v) is 16.0. The fourth-order valence-corrected chi connectivity index (χ4v) is 2.45. The molecule has 0 atom stereocenters. The van der Waals surface area contributed by atoms with Gasteiger partial charge in [0.15, 0.2) is 0 Å². The summed E-state index contributed by atoms with van der Waals surface area (Å²) in [5.41, 5.74) is 0.582. The maximum Gasteiger partial charge on any atom is 0.410 e. The molecule has 0 radical (unpaired) electrons. The Bertz CT molecular complexity index is 486. The topological polar surface area (TPSA) is 56.6 Å². The number of aryl methyl sites for hydroxylation is 1. The Hall–Kier alpha value is -1.56. The van der Waals surface area contributed by atoms with Crippen molar-refractivity contribution in [3.8, 4) is 0 Å². The Kier molecular flexibility index (Phi) is 8.25. The van der Waals surface area contributed by atoms with Gasteiger partial charge in [-0.2, -0.15) is 0 Å². The maximum atomic E-state index is 12.0. The molecule has 138 valence electrons. The number of likely N-dealkylation sites (tertiary alicyclic amines) is 1. The van der Waals surface area contributed by atoms with Gasteiger partial charge < -0.3 is 18.9 Å². The molecule has 0 aliphatic carbocycles. The van der Waals surface area contributed by atoms with Gasteiger partial charge in [-0.1, -0.05) is 13.8 Å². The van der Waals surface area contributed by atoms with E-state index in [4.69, 9.17) is 9.47 Å².